The minimum atomic E-state index is -2.88. The van der Waals surface area contributed by atoms with E-state index in [1.165, 1.54) is 6.07 Å². The highest BCUT2D eigenvalue weighted by Gasteiger charge is 2.48. The van der Waals surface area contributed by atoms with Crippen molar-refractivity contribution in [1.29, 1.82) is 0 Å². The number of nitrogens with one attached hydrogen (secondary N) is 2. The number of hydrogen-bond acceptors (Lipinski definition) is 9. The maximum Gasteiger partial charge on any atom is 0.345 e. The Balaban J connectivity index is 1.14. The first-order chi connectivity index (χ1) is 18.4. The lowest BCUT2D eigenvalue weighted by Gasteiger charge is -2.17. The molecule has 1 aliphatic carbocycles. The van der Waals surface area contributed by atoms with E-state index in [0.717, 1.165) is 5.56 Å². The maximum atomic E-state index is 15.0. The molecule has 5 atom stereocenters. The number of aliphatic hydroxyl groups is 1. The molecule has 2 aliphatic heterocycles. The fourth-order valence-electron chi connectivity index (χ4n) is 5.12. The lowest BCUT2D eigenvalue weighted by molar-refractivity contribution is -0.133. The monoisotopic (exact) mass is 556 g/mol. The van der Waals surface area contributed by atoms with Gasteiger partial charge in [0.05, 0.1) is 36.4 Å². The van der Waals surface area contributed by atoms with Crippen LogP contribution in [0.1, 0.15) is 23.6 Å². The molecule has 1 aromatic carbocycles. The average Bonchev–Trinajstić information content (AvgIpc) is 3.64. The Kier molecular flexibility index (Phi) is 6.95. The van der Waals surface area contributed by atoms with Crippen molar-refractivity contribution in [3.8, 4) is 11.8 Å². The van der Waals surface area contributed by atoms with Crippen LogP contribution in [0.2, 0.25) is 5.02 Å². The second-order valence-corrected chi connectivity index (χ2v) is 9.65. The molecule has 0 spiro atoms. The first-order valence-corrected chi connectivity index (χ1v) is 12.5. The second kappa shape index (κ2) is 10.4. The number of aromatic amines is 1. The number of rotatable bonds is 9. The third-order valence-electron chi connectivity index (χ3n) is 6.80. The Labute approximate surface area is 219 Å². The van der Waals surface area contributed by atoms with Crippen LogP contribution in [-0.2, 0) is 20.6 Å². The van der Waals surface area contributed by atoms with Gasteiger partial charge in [0.25, 0.3) is 6.01 Å². The molecule has 14 heteroatoms. The van der Waals surface area contributed by atoms with Gasteiger partial charge in [-0.1, -0.05) is 11.6 Å². The number of alkyl halides is 2. The van der Waals surface area contributed by atoms with Gasteiger partial charge in [0.15, 0.2) is 11.8 Å². The first-order valence-electron chi connectivity index (χ1n) is 12.1. The molecule has 0 saturated carbocycles. The van der Waals surface area contributed by atoms with Crippen molar-refractivity contribution < 1.29 is 42.0 Å². The van der Waals surface area contributed by atoms with Crippen molar-refractivity contribution in [1.82, 2.24) is 15.0 Å². The number of aromatic nitrogens is 3. The highest BCUT2D eigenvalue weighted by molar-refractivity contribution is 6.33. The van der Waals surface area contributed by atoms with Crippen LogP contribution >= 0.6 is 11.6 Å². The largest absolute Gasteiger partial charge is 0.491 e. The number of aliphatic hydroxyl groups excluding tert-OH is 1. The molecule has 0 bridgehead atoms. The number of halogens is 4. The molecule has 3 aromatic rings. The zero-order chi connectivity index (χ0) is 26.4. The number of nitrogens with zero attached hydrogens (tertiary/aromatic N) is 2. The van der Waals surface area contributed by atoms with E-state index in [2.05, 4.69) is 25.0 Å². The fourth-order valence-corrected chi connectivity index (χ4v) is 5.32. The molecule has 3 N–H and O–H groups in total. The summed E-state index contributed by atoms with van der Waals surface area (Å²) in [5.41, 5.74) is 2.12. The Morgan fingerprint density at radius 3 is 2.84 bits per heavy atom. The van der Waals surface area contributed by atoms with Crippen LogP contribution in [0.15, 0.2) is 18.2 Å². The fraction of sp³-hybridized carbons (Fsp3) is 0.500. The number of ether oxygens (including phenoxy) is 5. The SMILES string of the molecule is O[C@@H]1CO[C@H]2[C@@H]1OC[C@H]2Oc1nc2nc(NC3CCc4cc(OCCOC(F)F)cc(F)c43)c(Cl)cc2[nH]1. The Morgan fingerprint density at radius 2 is 2.00 bits per heavy atom. The minimum Gasteiger partial charge on any atom is -0.491 e. The molecule has 2 saturated heterocycles. The summed E-state index contributed by atoms with van der Waals surface area (Å²) in [4.78, 5) is 11.9. The number of aryl methyl sites for hydroxylation is 1. The number of imidazole rings is 1. The molecule has 2 aromatic heterocycles. The van der Waals surface area contributed by atoms with Crippen molar-refractivity contribution in [2.24, 2.45) is 0 Å². The van der Waals surface area contributed by atoms with Crippen LogP contribution in [-0.4, -0.2) is 77.5 Å². The van der Waals surface area contributed by atoms with Gasteiger partial charge in [0.1, 0.15) is 42.3 Å². The van der Waals surface area contributed by atoms with Crippen LogP contribution in [0, 0.1) is 5.82 Å². The predicted molar refractivity (Wildman–Crippen MR) is 127 cm³/mol. The second-order valence-electron chi connectivity index (χ2n) is 9.24. The smallest absolute Gasteiger partial charge is 0.345 e. The summed E-state index contributed by atoms with van der Waals surface area (Å²) < 4.78 is 65.8. The van der Waals surface area contributed by atoms with Gasteiger partial charge in [-0.15, -0.1) is 0 Å². The molecule has 1 unspecified atom stereocenters. The van der Waals surface area contributed by atoms with E-state index in [-0.39, 0.29) is 44.3 Å². The molecule has 0 amide bonds. The molecule has 4 heterocycles. The summed E-state index contributed by atoms with van der Waals surface area (Å²) in [6.07, 6.45) is -0.765. The van der Waals surface area contributed by atoms with Crippen molar-refractivity contribution in [3.05, 3.63) is 40.2 Å². The minimum absolute atomic E-state index is 0.122. The summed E-state index contributed by atoms with van der Waals surface area (Å²) in [6.45, 7) is -2.86. The molecule has 204 valence electrons. The van der Waals surface area contributed by atoms with E-state index in [1.807, 2.05) is 0 Å². The summed E-state index contributed by atoms with van der Waals surface area (Å²) in [7, 11) is 0. The Hall–Kier alpha value is -2.84. The average molecular weight is 557 g/mol. The quantitative estimate of drug-likeness (QED) is 0.341. The van der Waals surface area contributed by atoms with Crippen LogP contribution in [0.4, 0.5) is 19.0 Å². The predicted octanol–water partition coefficient (Wildman–Crippen LogP) is 3.37. The van der Waals surface area contributed by atoms with Gasteiger partial charge in [-0.05, 0) is 30.5 Å². The van der Waals surface area contributed by atoms with Crippen molar-refractivity contribution in [3.63, 3.8) is 0 Å². The molecule has 6 rings (SSSR count). The lowest BCUT2D eigenvalue weighted by Crippen LogP contribution is -2.34. The van der Waals surface area contributed by atoms with Crippen molar-refractivity contribution in [2.45, 2.75) is 49.9 Å². The normalized spacial score (nSPS) is 26.2. The molecular formula is C24H24ClF3N4O6. The van der Waals surface area contributed by atoms with Gasteiger partial charge in [-0.25, -0.2) is 9.37 Å². The Morgan fingerprint density at radius 1 is 1.16 bits per heavy atom. The molecule has 0 radical (unpaired) electrons. The highest BCUT2D eigenvalue weighted by Crippen LogP contribution is 2.39. The van der Waals surface area contributed by atoms with Gasteiger partial charge in [0.2, 0.25) is 0 Å². The van der Waals surface area contributed by atoms with Crippen LogP contribution in [0.5, 0.6) is 11.8 Å². The maximum absolute atomic E-state index is 15.0. The van der Waals surface area contributed by atoms with E-state index in [9.17, 15) is 13.9 Å². The van der Waals surface area contributed by atoms with Crippen LogP contribution < -0.4 is 14.8 Å². The van der Waals surface area contributed by atoms with E-state index in [1.54, 1.807) is 12.1 Å². The Bertz CT molecular complexity index is 1330. The number of fused-ring (bicyclic) bond motifs is 3. The van der Waals surface area contributed by atoms with Crippen molar-refractivity contribution >= 4 is 28.6 Å². The third-order valence-corrected chi connectivity index (χ3v) is 7.08. The lowest BCUT2D eigenvalue weighted by atomic mass is 10.1. The molecule has 3 aliphatic rings. The van der Waals surface area contributed by atoms with Gasteiger partial charge in [-0.3, -0.25) is 0 Å². The van der Waals surface area contributed by atoms with Gasteiger partial charge in [-0.2, -0.15) is 13.8 Å². The number of H-pyrrole nitrogens is 1. The summed E-state index contributed by atoms with van der Waals surface area (Å²) in [6, 6.07) is 4.39. The molecule has 2 fully saturated rings. The summed E-state index contributed by atoms with van der Waals surface area (Å²) in [5, 5.41) is 13.4. The van der Waals surface area contributed by atoms with E-state index < -0.39 is 36.8 Å². The third kappa shape index (κ3) is 4.96. The van der Waals surface area contributed by atoms with Gasteiger partial charge < -0.3 is 39.1 Å². The van der Waals surface area contributed by atoms with Crippen molar-refractivity contribution in [2.75, 3.05) is 31.7 Å². The number of hydrogen-bond donors (Lipinski definition) is 3. The molecule has 10 nitrogen and oxygen atoms in total. The van der Waals surface area contributed by atoms with Gasteiger partial charge >= 0.3 is 6.61 Å². The first kappa shape index (κ1) is 25.4. The number of pyridine rings is 1. The highest BCUT2D eigenvalue weighted by atomic mass is 35.5. The number of benzene rings is 1. The summed E-state index contributed by atoms with van der Waals surface area (Å²) >= 11 is 6.48. The van der Waals surface area contributed by atoms with Gasteiger partial charge in [0, 0.05) is 11.6 Å². The summed E-state index contributed by atoms with van der Waals surface area (Å²) in [5.74, 6) is 0.106. The zero-order valence-electron chi connectivity index (χ0n) is 19.8. The van der Waals surface area contributed by atoms with E-state index in [4.69, 9.17) is 30.5 Å². The molecular weight excluding hydrogens is 533 g/mol. The topological polar surface area (TPSA) is 120 Å². The van der Waals surface area contributed by atoms with E-state index >= 15 is 4.39 Å². The van der Waals surface area contributed by atoms with Crippen LogP contribution in [0.25, 0.3) is 11.2 Å². The standard InChI is InChI=1S/C24H24ClF3N4O6/c25-12-7-15-22(32-24(30-15)38-17-9-37-19-16(33)8-36-20(17)19)31-21(12)29-14-2-1-10-5-11(6-13(26)18(10)14)34-3-4-35-23(27)28/h5-7,14,16-17,19-20,23,33H,1-4,8-9H2,(H2,29,30,31,32)/t14?,16-,17-,19-,20-/m1/s1. The van der Waals surface area contributed by atoms with Crippen LogP contribution in [0.3, 0.4) is 0 Å². The zero-order valence-corrected chi connectivity index (χ0v) is 20.6. The molecule has 38 heavy (non-hydrogen) atoms. The van der Waals surface area contributed by atoms with E-state index in [0.29, 0.717) is 40.4 Å². The number of anilines is 1.